The molecule has 0 amide bonds. The quantitative estimate of drug-likeness (QED) is 0.629. The van der Waals surface area contributed by atoms with Crippen molar-refractivity contribution in [1.29, 1.82) is 0 Å². The molecule has 0 radical (unpaired) electrons. The predicted molar refractivity (Wildman–Crippen MR) is 108 cm³/mol. The van der Waals surface area contributed by atoms with Gasteiger partial charge in [0, 0.05) is 38.4 Å². The summed E-state index contributed by atoms with van der Waals surface area (Å²) in [7, 11) is 0. The second-order valence-electron chi connectivity index (χ2n) is 7.94. The van der Waals surface area contributed by atoms with Crippen LogP contribution in [0.3, 0.4) is 0 Å². The van der Waals surface area contributed by atoms with Crippen molar-refractivity contribution in [2.45, 2.75) is 25.6 Å². The Morgan fingerprint density at radius 1 is 0.862 bits per heavy atom. The van der Waals surface area contributed by atoms with Crippen molar-refractivity contribution in [3.8, 4) is 0 Å². The first-order chi connectivity index (χ1) is 14.0. The van der Waals surface area contributed by atoms with E-state index in [0.717, 1.165) is 29.6 Å². The first kappa shape index (κ1) is 18.3. The summed E-state index contributed by atoms with van der Waals surface area (Å²) >= 11 is 0. The number of alkyl halides is 3. The lowest BCUT2D eigenvalue weighted by molar-refractivity contribution is -0.137. The van der Waals surface area contributed by atoms with Crippen molar-refractivity contribution in [1.82, 2.24) is 9.55 Å². The number of imidazole rings is 1. The molecule has 0 spiro atoms. The number of fused-ring (bicyclic) bond motifs is 1. The molecule has 0 bridgehead atoms. The second kappa shape index (κ2) is 6.97. The highest BCUT2D eigenvalue weighted by atomic mass is 19.4. The maximum Gasteiger partial charge on any atom is 0.418 e. The molecule has 0 atom stereocenters. The van der Waals surface area contributed by atoms with E-state index in [9.17, 15) is 13.2 Å². The highest BCUT2D eigenvalue weighted by Gasteiger charge is 2.35. The van der Waals surface area contributed by atoms with E-state index < -0.39 is 11.7 Å². The summed E-state index contributed by atoms with van der Waals surface area (Å²) in [5, 5.41) is 0. The standard InChI is InChI=1S/C22H23F3N4/c23-22(24,25)17-5-1-3-7-19(17)27-11-13-28(14-12-27)21-26-18-6-2-4-8-20(18)29(21)15-16-9-10-16/h1-8,16H,9-15H2. The Labute approximate surface area is 167 Å². The predicted octanol–water partition coefficient (Wildman–Crippen LogP) is 4.79. The van der Waals surface area contributed by atoms with Crippen molar-refractivity contribution < 1.29 is 13.2 Å². The van der Waals surface area contributed by atoms with Crippen molar-refractivity contribution in [3.05, 3.63) is 54.1 Å². The molecule has 152 valence electrons. The number of benzene rings is 2. The molecular formula is C22H23F3N4. The van der Waals surface area contributed by atoms with Crippen molar-refractivity contribution >= 4 is 22.7 Å². The van der Waals surface area contributed by atoms with Gasteiger partial charge in [-0.05, 0) is 43.0 Å². The van der Waals surface area contributed by atoms with Gasteiger partial charge < -0.3 is 14.4 Å². The zero-order chi connectivity index (χ0) is 20.0. The first-order valence-corrected chi connectivity index (χ1v) is 10.1. The van der Waals surface area contributed by atoms with Gasteiger partial charge in [-0.1, -0.05) is 24.3 Å². The number of anilines is 2. The van der Waals surface area contributed by atoms with E-state index in [-0.39, 0.29) is 5.69 Å². The Hall–Kier alpha value is -2.70. The van der Waals surface area contributed by atoms with Gasteiger partial charge in [0.1, 0.15) is 0 Å². The third-order valence-electron chi connectivity index (χ3n) is 5.88. The van der Waals surface area contributed by atoms with Crippen LogP contribution in [0.1, 0.15) is 18.4 Å². The minimum atomic E-state index is -4.34. The minimum Gasteiger partial charge on any atom is -0.367 e. The molecule has 0 unspecified atom stereocenters. The molecule has 5 rings (SSSR count). The fourth-order valence-corrected chi connectivity index (χ4v) is 4.18. The van der Waals surface area contributed by atoms with Gasteiger partial charge in [0.05, 0.1) is 16.6 Å². The van der Waals surface area contributed by atoms with Crippen LogP contribution in [0.15, 0.2) is 48.5 Å². The van der Waals surface area contributed by atoms with E-state index in [2.05, 4.69) is 15.5 Å². The molecule has 29 heavy (non-hydrogen) atoms. The lowest BCUT2D eigenvalue weighted by Gasteiger charge is -2.37. The highest BCUT2D eigenvalue weighted by Crippen LogP contribution is 2.37. The van der Waals surface area contributed by atoms with Crippen LogP contribution in [-0.2, 0) is 12.7 Å². The third-order valence-corrected chi connectivity index (χ3v) is 5.88. The van der Waals surface area contributed by atoms with E-state index >= 15 is 0 Å². The maximum absolute atomic E-state index is 13.4. The number of piperazine rings is 1. The Morgan fingerprint density at radius 3 is 2.24 bits per heavy atom. The van der Waals surface area contributed by atoms with Gasteiger partial charge in [-0.15, -0.1) is 0 Å². The zero-order valence-electron chi connectivity index (χ0n) is 16.1. The van der Waals surface area contributed by atoms with Crippen molar-refractivity contribution in [3.63, 3.8) is 0 Å². The van der Waals surface area contributed by atoms with Gasteiger partial charge in [0.25, 0.3) is 0 Å². The molecule has 3 aromatic rings. The summed E-state index contributed by atoms with van der Waals surface area (Å²) in [6.45, 7) is 3.35. The van der Waals surface area contributed by atoms with Crippen LogP contribution in [0, 0.1) is 5.92 Å². The molecule has 2 fully saturated rings. The fourth-order valence-electron chi connectivity index (χ4n) is 4.18. The van der Waals surface area contributed by atoms with Gasteiger partial charge >= 0.3 is 6.18 Å². The number of halogens is 3. The SMILES string of the molecule is FC(F)(F)c1ccccc1N1CCN(c2nc3ccccc3n2CC2CC2)CC1. The Morgan fingerprint density at radius 2 is 1.52 bits per heavy atom. The minimum absolute atomic E-state index is 0.270. The lowest BCUT2D eigenvalue weighted by atomic mass is 10.1. The Kier molecular flexibility index (Phi) is 4.41. The normalized spacial score (nSPS) is 17.9. The zero-order valence-corrected chi connectivity index (χ0v) is 16.1. The lowest BCUT2D eigenvalue weighted by Crippen LogP contribution is -2.48. The molecule has 0 N–H and O–H groups in total. The van der Waals surface area contributed by atoms with E-state index in [0.29, 0.717) is 32.1 Å². The number of rotatable bonds is 4. The van der Waals surface area contributed by atoms with Crippen LogP contribution in [0.4, 0.5) is 24.8 Å². The number of nitrogens with zero attached hydrogens (tertiary/aromatic N) is 4. The molecule has 1 aromatic heterocycles. The van der Waals surface area contributed by atoms with E-state index in [4.69, 9.17) is 4.98 Å². The topological polar surface area (TPSA) is 24.3 Å². The van der Waals surface area contributed by atoms with Gasteiger partial charge in [-0.2, -0.15) is 13.2 Å². The summed E-state index contributed by atoms with van der Waals surface area (Å²) in [5.41, 5.74) is 1.83. The molecule has 7 heteroatoms. The van der Waals surface area contributed by atoms with Crippen LogP contribution in [0.25, 0.3) is 11.0 Å². The van der Waals surface area contributed by atoms with Crippen LogP contribution < -0.4 is 9.80 Å². The monoisotopic (exact) mass is 400 g/mol. The Bertz CT molecular complexity index is 1010. The molecule has 2 aliphatic rings. The molecule has 1 saturated heterocycles. The van der Waals surface area contributed by atoms with E-state index in [1.54, 1.807) is 12.1 Å². The molecule has 2 heterocycles. The largest absolute Gasteiger partial charge is 0.418 e. The molecule has 2 aromatic carbocycles. The molecule has 4 nitrogen and oxygen atoms in total. The summed E-state index contributed by atoms with van der Waals surface area (Å²) < 4.78 is 42.5. The smallest absolute Gasteiger partial charge is 0.367 e. The summed E-state index contributed by atoms with van der Waals surface area (Å²) in [6, 6.07) is 14.0. The summed E-state index contributed by atoms with van der Waals surface area (Å²) in [5.74, 6) is 1.66. The second-order valence-corrected chi connectivity index (χ2v) is 7.94. The number of aromatic nitrogens is 2. The van der Waals surface area contributed by atoms with Crippen molar-refractivity contribution in [2.75, 3.05) is 36.0 Å². The van der Waals surface area contributed by atoms with E-state index in [1.807, 2.05) is 23.1 Å². The van der Waals surface area contributed by atoms with Gasteiger partial charge in [-0.25, -0.2) is 4.98 Å². The average molecular weight is 400 g/mol. The van der Waals surface area contributed by atoms with Gasteiger partial charge in [0.2, 0.25) is 5.95 Å². The molecule has 1 saturated carbocycles. The molecule has 1 aliphatic heterocycles. The van der Waals surface area contributed by atoms with E-state index in [1.165, 1.54) is 18.9 Å². The summed E-state index contributed by atoms with van der Waals surface area (Å²) in [6.07, 6.45) is -1.83. The fraction of sp³-hybridized carbons (Fsp3) is 0.409. The highest BCUT2D eigenvalue weighted by molar-refractivity contribution is 5.79. The molecular weight excluding hydrogens is 377 g/mol. The number of para-hydroxylation sites is 3. The van der Waals surface area contributed by atoms with Crippen LogP contribution in [0.5, 0.6) is 0 Å². The Balaban J connectivity index is 1.39. The average Bonchev–Trinajstić information content (AvgIpc) is 3.47. The third kappa shape index (κ3) is 3.54. The number of hydrogen-bond acceptors (Lipinski definition) is 3. The van der Waals surface area contributed by atoms with Gasteiger partial charge in [-0.3, -0.25) is 0 Å². The van der Waals surface area contributed by atoms with Crippen molar-refractivity contribution in [2.24, 2.45) is 5.92 Å². The van der Waals surface area contributed by atoms with Crippen LogP contribution in [-0.4, -0.2) is 35.7 Å². The summed E-state index contributed by atoms with van der Waals surface area (Å²) in [4.78, 5) is 8.92. The van der Waals surface area contributed by atoms with Crippen LogP contribution >= 0.6 is 0 Å². The van der Waals surface area contributed by atoms with Gasteiger partial charge in [0.15, 0.2) is 0 Å². The molecule has 1 aliphatic carbocycles. The maximum atomic E-state index is 13.4. The van der Waals surface area contributed by atoms with Crippen LogP contribution in [0.2, 0.25) is 0 Å². The number of hydrogen-bond donors (Lipinski definition) is 0. The first-order valence-electron chi connectivity index (χ1n) is 10.1.